The van der Waals surface area contributed by atoms with E-state index in [0.29, 0.717) is 22.4 Å². The monoisotopic (exact) mass is 409 g/mol. The van der Waals surface area contributed by atoms with Crippen LogP contribution in [0.5, 0.6) is 5.75 Å². The number of rotatable bonds is 3. The molecule has 0 bridgehead atoms. The van der Waals surface area contributed by atoms with Crippen molar-refractivity contribution in [3.05, 3.63) is 70.3 Å². The quantitative estimate of drug-likeness (QED) is 0.481. The third-order valence-electron chi connectivity index (χ3n) is 4.67. The minimum absolute atomic E-state index is 0.295. The lowest BCUT2D eigenvalue weighted by Crippen LogP contribution is -2.01. The van der Waals surface area contributed by atoms with Crippen molar-refractivity contribution in [2.75, 3.05) is 7.11 Å². The summed E-state index contributed by atoms with van der Waals surface area (Å²) in [5, 5.41) is 12.4. The van der Waals surface area contributed by atoms with E-state index < -0.39 is 5.97 Å². The van der Waals surface area contributed by atoms with Crippen LogP contribution in [0.15, 0.2) is 59.1 Å². The molecule has 0 spiro atoms. The maximum Gasteiger partial charge on any atom is 0.338 e. The van der Waals surface area contributed by atoms with Gasteiger partial charge in [0.2, 0.25) is 0 Å². The molecule has 1 heterocycles. The molecule has 0 fully saturated rings. The number of hydrogen-bond acceptors (Lipinski definition) is 2. The van der Waals surface area contributed by atoms with Crippen molar-refractivity contribution in [2.24, 2.45) is 0 Å². The fourth-order valence-corrected chi connectivity index (χ4v) is 4.00. The van der Waals surface area contributed by atoms with Gasteiger partial charge >= 0.3 is 5.97 Å². The van der Waals surface area contributed by atoms with Crippen molar-refractivity contribution >= 4 is 43.6 Å². The van der Waals surface area contributed by atoms with Crippen molar-refractivity contribution in [3.8, 4) is 11.4 Å². The molecule has 0 saturated heterocycles. The summed E-state index contributed by atoms with van der Waals surface area (Å²) >= 11 is 3.51. The maximum atomic E-state index is 12.0. The first-order valence-corrected chi connectivity index (χ1v) is 8.92. The van der Waals surface area contributed by atoms with Crippen LogP contribution in [0.3, 0.4) is 0 Å². The van der Waals surface area contributed by atoms with Gasteiger partial charge in [0, 0.05) is 32.0 Å². The Morgan fingerprint density at radius 1 is 1.04 bits per heavy atom. The van der Waals surface area contributed by atoms with Crippen LogP contribution in [0.4, 0.5) is 0 Å². The van der Waals surface area contributed by atoms with Crippen LogP contribution >= 0.6 is 15.9 Å². The molecule has 0 aliphatic heterocycles. The second-order valence-electron chi connectivity index (χ2n) is 6.10. The normalized spacial score (nSPS) is 11.2. The van der Waals surface area contributed by atoms with Gasteiger partial charge in [-0.05, 0) is 31.2 Å². The summed E-state index contributed by atoms with van der Waals surface area (Å²) in [4.78, 5) is 12.0. The topological polar surface area (TPSA) is 51.5 Å². The number of carboxylic acids is 1. The van der Waals surface area contributed by atoms with Crippen LogP contribution < -0.4 is 4.74 Å². The second kappa shape index (κ2) is 6.18. The number of halogens is 1. The van der Waals surface area contributed by atoms with E-state index >= 15 is 0 Å². The van der Waals surface area contributed by atoms with Crippen molar-refractivity contribution in [2.45, 2.75) is 6.92 Å². The fraction of sp³-hybridized carbons (Fsp3) is 0.0952. The summed E-state index contributed by atoms with van der Waals surface area (Å²) in [6.07, 6.45) is 0. The minimum atomic E-state index is -0.946. The summed E-state index contributed by atoms with van der Waals surface area (Å²) in [5.74, 6) is -0.277. The third-order valence-corrected chi connectivity index (χ3v) is 5.16. The zero-order chi connectivity index (χ0) is 18.4. The van der Waals surface area contributed by atoms with Gasteiger partial charge in [-0.2, -0.15) is 0 Å². The second-order valence-corrected chi connectivity index (χ2v) is 7.02. The van der Waals surface area contributed by atoms with Gasteiger partial charge in [-0.1, -0.05) is 46.3 Å². The molecule has 4 rings (SSSR count). The van der Waals surface area contributed by atoms with Gasteiger partial charge in [0.25, 0.3) is 0 Å². The molecule has 4 aromatic rings. The number of methoxy groups -OCH3 is 1. The van der Waals surface area contributed by atoms with Crippen LogP contribution in [-0.2, 0) is 0 Å². The van der Waals surface area contributed by atoms with Crippen molar-refractivity contribution in [1.29, 1.82) is 0 Å². The molecule has 0 atom stereocenters. The summed E-state index contributed by atoms with van der Waals surface area (Å²) in [5.41, 5.74) is 2.76. The van der Waals surface area contributed by atoms with Crippen LogP contribution in [0, 0.1) is 6.92 Å². The van der Waals surface area contributed by atoms with E-state index in [1.807, 2.05) is 66.1 Å². The summed E-state index contributed by atoms with van der Waals surface area (Å²) < 4.78 is 8.48. The SMILES string of the molecule is COc1cc2c(C(=O)O)c(C)n(-c3cccc(Br)c3)c2c2ccccc12. The first-order valence-electron chi connectivity index (χ1n) is 8.13. The van der Waals surface area contributed by atoms with Gasteiger partial charge in [0.05, 0.1) is 18.2 Å². The highest BCUT2D eigenvalue weighted by molar-refractivity contribution is 9.10. The van der Waals surface area contributed by atoms with Gasteiger partial charge in [-0.3, -0.25) is 0 Å². The molecule has 0 unspecified atom stereocenters. The number of fused-ring (bicyclic) bond motifs is 3. The van der Waals surface area contributed by atoms with Gasteiger partial charge in [-0.25, -0.2) is 4.79 Å². The molecular formula is C21H16BrNO3. The van der Waals surface area contributed by atoms with Crippen LogP contribution in [0.25, 0.3) is 27.4 Å². The number of hydrogen-bond donors (Lipinski definition) is 1. The molecular weight excluding hydrogens is 394 g/mol. The molecule has 130 valence electrons. The largest absolute Gasteiger partial charge is 0.496 e. The van der Waals surface area contributed by atoms with Gasteiger partial charge in [0.15, 0.2) is 0 Å². The standard InChI is InChI=1S/C21H16BrNO3/c1-12-19(21(24)25)17-11-18(26-2)15-8-3-4-9-16(15)20(17)23(12)14-7-5-6-13(22)10-14/h3-11H,1-2H3,(H,24,25). The Balaban J connectivity index is 2.27. The highest BCUT2D eigenvalue weighted by Crippen LogP contribution is 2.39. The molecule has 1 aromatic heterocycles. The number of ether oxygens (including phenoxy) is 1. The summed E-state index contributed by atoms with van der Waals surface area (Å²) in [6.45, 7) is 1.84. The molecule has 26 heavy (non-hydrogen) atoms. The van der Waals surface area contributed by atoms with E-state index in [9.17, 15) is 9.90 Å². The van der Waals surface area contributed by atoms with Crippen LogP contribution in [0.1, 0.15) is 16.1 Å². The maximum absolute atomic E-state index is 12.0. The Morgan fingerprint density at radius 2 is 1.77 bits per heavy atom. The van der Waals surface area contributed by atoms with Crippen molar-refractivity contribution < 1.29 is 14.6 Å². The van der Waals surface area contributed by atoms with Crippen LogP contribution in [0.2, 0.25) is 0 Å². The Kier molecular flexibility index (Phi) is 3.96. The lowest BCUT2D eigenvalue weighted by atomic mass is 10.0. The predicted octanol–water partition coefficient (Wildman–Crippen LogP) is 5.56. The molecule has 5 heteroatoms. The Morgan fingerprint density at radius 3 is 2.42 bits per heavy atom. The number of nitrogens with zero attached hydrogens (tertiary/aromatic N) is 1. The Bertz CT molecular complexity index is 1180. The zero-order valence-electron chi connectivity index (χ0n) is 14.3. The molecule has 0 radical (unpaired) electrons. The van der Waals surface area contributed by atoms with Crippen LogP contribution in [-0.4, -0.2) is 22.8 Å². The van der Waals surface area contributed by atoms with E-state index in [1.54, 1.807) is 7.11 Å². The van der Waals surface area contributed by atoms with E-state index in [0.717, 1.165) is 26.4 Å². The zero-order valence-corrected chi connectivity index (χ0v) is 15.9. The molecule has 0 amide bonds. The lowest BCUT2D eigenvalue weighted by Gasteiger charge is -2.12. The van der Waals surface area contributed by atoms with E-state index in [4.69, 9.17) is 4.74 Å². The minimum Gasteiger partial charge on any atom is -0.496 e. The average molecular weight is 410 g/mol. The first kappa shape index (κ1) is 16.7. The Hall–Kier alpha value is -2.79. The number of benzene rings is 3. The number of aromatic nitrogens is 1. The summed E-state index contributed by atoms with van der Waals surface area (Å²) in [7, 11) is 1.60. The number of carboxylic acid groups (broad SMARTS) is 1. The molecule has 0 aliphatic carbocycles. The fourth-order valence-electron chi connectivity index (χ4n) is 3.61. The predicted molar refractivity (Wildman–Crippen MR) is 107 cm³/mol. The van der Waals surface area contributed by atoms with Gasteiger partial charge < -0.3 is 14.4 Å². The number of aromatic carboxylic acids is 1. The Labute approximate surface area is 158 Å². The molecule has 4 nitrogen and oxygen atoms in total. The average Bonchev–Trinajstić information content (AvgIpc) is 2.93. The van der Waals surface area contributed by atoms with Crippen molar-refractivity contribution in [3.63, 3.8) is 0 Å². The smallest absolute Gasteiger partial charge is 0.338 e. The lowest BCUT2D eigenvalue weighted by molar-refractivity contribution is 0.0698. The molecule has 1 N–H and O–H groups in total. The van der Waals surface area contributed by atoms with E-state index in [2.05, 4.69) is 15.9 Å². The van der Waals surface area contributed by atoms with E-state index in [1.165, 1.54) is 0 Å². The summed E-state index contributed by atoms with van der Waals surface area (Å²) in [6, 6.07) is 17.6. The van der Waals surface area contributed by atoms with Gasteiger partial charge in [0.1, 0.15) is 5.75 Å². The van der Waals surface area contributed by atoms with Gasteiger partial charge in [-0.15, -0.1) is 0 Å². The third kappa shape index (κ3) is 2.39. The highest BCUT2D eigenvalue weighted by Gasteiger charge is 2.23. The van der Waals surface area contributed by atoms with Crippen molar-refractivity contribution in [1.82, 2.24) is 4.57 Å². The molecule has 3 aromatic carbocycles. The highest BCUT2D eigenvalue weighted by atomic mass is 79.9. The number of carbonyl (C=O) groups is 1. The molecule has 0 aliphatic rings. The molecule has 0 saturated carbocycles. The van der Waals surface area contributed by atoms with E-state index in [-0.39, 0.29) is 0 Å². The first-order chi connectivity index (χ1) is 12.5.